The van der Waals surface area contributed by atoms with Crippen LogP contribution in [-0.4, -0.2) is 18.9 Å². The highest BCUT2D eigenvalue weighted by Gasteiger charge is 2.13. The first kappa shape index (κ1) is 15.0. The molecule has 1 aromatic rings. The quantitative estimate of drug-likeness (QED) is 0.799. The second-order valence-corrected chi connectivity index (χ2v) is 4.71. The summed E-state index contributed by atoms with van der Waals surface area (Å²) in [7, 11) is 1.58. The maximum Gasteiger partial charge on any atom is 0.251 e. The zero-order chi connectivity index (χ0) is 14.4. The molecule has 19 heavy (non-hydrogen) atoms. The molecule has 0 heterocycles. The normalized spacial score (nSPS) is 11.5. The van der Waals surface area contributed by atoms with Crippen LogP contribution in [0.4, 0.5) is 5.69 Å². The molecule has 0 aliphatic carbocycles. The number of carbonyl (C=O) groups is 2. The van der Waals surface area contributed by atoms with E-state index in [-0.39, 0.29) is 17.7 Å². The first-order valence-electron chi connectivity index (χ1n) is 6.21. The number of hydrogen-bond donors (Lipinski definition) is 2. The Kier molecular flexibility index (Phi) is 5.30. The third-order valence-electron chi connectivity index (χ3n) is 2.74. The van der Waals surface area contributed by atoms with E-state index in [0.717, 1.165) is 5.57 Å². The Balaban J connectivity index is 2.65. The third-order valence-corrected chi connectivity index (χ3v) is 2.74. The van der Waals surface area contributed by atoms with Crippen LogP contribution in [0, 0.1) is 5.92 Å². The first-order valence-corrected chi connectivity index (χ1v) is 6.21. The van der Waals surface area contributed by atoms with E-state index in [1.165, 1.54) is 0 Å². The molecule has 0 spiro atoms. The summed E-state index contributed by atoms with van der Waals surface area (Å²) in [6, 6.07) is 6.79. The predicted molar refractivity (Wildman–Crippen MR) is 77.1 cm³/mol. The fraction of sp³-hybridized carbons (Fsp3) is 0.333. The second kappa shape index (κ2) is 6.73. The zero-order valence-electron chi connectivity index (χ0n) is 11.6. The van der Waals surface area contributed by atoms with Crippen molar-refractivity contribution in [2.75, 3.05) is 12.4 Å². The largest absolute Gasteiger partial charge is 0.355 e. The van der Waals surface area contributed by atoms with Crippen molar-refractivity contribution < 1.29 is 9.59 Å². The lowest BCUT2D eigenvalue weighted by Crippen LogP contribution is -2.21. The van der Waals surface area contributed by atoms with Crippen LogP contribution in [-0.2, 0) is 4.79 Å². The molecule has 0 radical (unpaired) electrons. The topological polar surface area (TPSA) is 58.2 Å². The van der Waals surface area contributed by atoms with Gasteiger partial charge >= 0.3 is 0 Å². The second-order valence-electron chi connectivity index (χ2n) is 4.71. The molecule has 102 valence electrons. The summed E-state index contributed by atoms with van der Waals surface area (Å²) in [5, 5.41) is 5.36. The van der Waals surface area contributed by atoms with Crippen LogP contribution < -0.4 is 10.6 Å². The number of allylic oxidation sites excluding steroid dienone is 1. The number of anilines is 1. The minimum absolute atomic E-state index is 0.0457. The van der Waals surface area contributed by atoms with Crippen molar-refractivity contribution >= 4 is 17.5 Å². The molecule has 2 amide bonds. The molecule has 1 unspecified atom stereocenters. The maximum absolute atomic E-state index is 11.9. The van der Waals surface area contributed by atoms with Gasteiger partial charge in [-0.15, -0.1) is 6.58 Å². The van der Waals surface area contributed by atoms with Crippen LogP contribution in [0.15, 0.2) is 36.4 Å². The molecule has 0 aliphatic rings. The molecule has 0 aliphatic heterocycles. The van der Waals surface area contributed by atoms with Crippen molar-refractivity contribution in [2.24, 2.45) is 5.92 Å². The number of nitrogens with one attached hydrogen (secondary N) is 2. The lowest BCUT2D eigenvalue weighted by Gasteiger charge is -2.12. The fourth-order valence-electron chi connectivity index (χ4n) is 1.73. The molecule has 1 atom stereocenters. The van der Waals surface area contributed by atoms with E-state index in [0.29, 0.717) is 17.7 Å². The molecule has 4 heteroatoms. The summed E-state index contributed by atoms with van der Waals surface area (Å²) in [6.07, 6.45) is 0.669. The van der Waals surface area contributed by atoms with E-state index in [1.807, 2.05) is 13.8 Å². The van der Waals surface area contributed by atoms with Gasteiger partial charge < -0.3 is 10.6 Å². The minimum Gasteiger partial charge on any atom is -0.355 e. The smallest absolute Gasteiger partial charge is 0.251 e. The van der Waals surface area contributed by atoms with Crippen LogP contribution in [0.2, 0.25) is 0 Å². The van der Waals surface area contributed by atoms with Gasteiger partial charge in [0.05, 0.1) is 0 Å². The Hall–Kier alpha value is -2.10. The van der Waals surface area contributed by atoms with Gasteiger partial charge in [0.1, 0.15) is 0 Å². The van der Waals surface area contributed by atoms with Crippen LogP contribution in [0.1, 0.15) is 30.6 Å². The highest BCUT2D eigenvalue weighted by molar-refractivity contribution is 5.96. The molecule has 1 rings (SSSR count). The molecular formula is C15H20N2O2. The maximum atomic E-state index is 11.9. The van der Waals surface area contributed by atoms with Crippen LogP contribution in [0.3, 0.4) is 0 Å². The Labute approximate surface area is 113 Å². The van der Waals surface area contributed by atoms with Gasteiger partial charge in [-0.1, -0.05) is 12.5 Å². The average Bonchev–Trinajstić information content (AvgIpc) is 2.37. The van der Waals surface area contributed by atoms with Gasteiger partial charge in [-0.05, 0) is 37.6 Å². The summed E-state index contributed by atoms with van der Waals surface area (Å²) in [6.45, 7) is 7.57. The van der Waals surface area contributed by atoms with Crippen molar-refractivity contribution in [2.45, 2.75) is 20.3 Å². The van der Waals surface area contributed by atoms with Crippen LogP contribution in [0.5, 0.6) is 0 Å². The van der Waals surface area contributed by atoms with Gasteiger partial charge in [0, 0.05) is 24.2 Å². The molecule has 0 saturated heterocycles. The molecule has 0 bridgehead atoms. The van der Waals surface area contributed by atoms with E-state index in [9.17, 15) is 9.59 Å². The van der Waals surface area contributed by atoms with Gasteiger partial charge in [-0.2, -0.15) is 0 Å². The molecular weight excluding hydrogens is 240 g/mol. The van der Waals surface area contributed by atoms with Crippen molar-refractivity contribution in [3.63, 3.8) is 0 Å². The molecule has 0 aromatic heterocycles. The monoisotopic (exact) mass is 260 g/mol. The molecule has 1 aromatic carbocycles. The molecule has 0 saturated carbocycles. The lowest BCUT2D eigenvalue weighted by atomic mass is 10.0. The SMILES string of the molecule is C=C(C)CC(C)C(=O)Nc1ccc(C(=O)NC)cc1. The number of carbonyl (C=O) groups excluding carboxylic acids is 2. The van der Waals surface area contributed by atoms with Gasteiger partial charge in [-0.25, -0.2) is 0 Å². The van der Waals surface area contributed by atoms with Crippen molar-refractivity contribution in [1.82, 2.24) is 5.32 Å². The Morgan fingerprint density at radius 1 is 1.26 bits per heavy atom. The lowest BCUT2D eigenvalue weighted by molar-refractivity contribution is -0.119. The molecule has 4 nitrogen and oxygen atoms in total. The van der Waals surface area contributed by atoms with E-state index >= 15 is 0 Å². The third kappa shape index (κ3) is 4.58. The predicted octanol–water partition coefficient (Wildman–Crippen LogP) is 2.59. The zero-order valence-corrected chi connectivity index (χ0v) is 11.6. The number of hydrogen-bond acceptors (Lipinski definition) is 2. The molecule has 0 fully saturated rings. The van der Waals surface area contributed by atoms with E-state index < -0.39 is 0 Å². The van der Waals surface area contributed by atoms with Gasteiger partial charge in [0.15, 0.2) is 0 Å². The average molecular weight is 260 g/mol. The van der Waals surface area contributed by atoms with E-state index in [2.05, 4.69) is 17.2 Å². The summed E-state index contributed by atoms with van der Waals surface area (Å²) >= 11 is 0. The Bertz CT molecular complexity index is 477. The Morgan fingerprint density at radius 3 is 2.32 bits per heavy atom. The highest BCUT2D eigenvalue weighted by Crippen LogP contribution is 2.14. The van der Waals surface area contributed by atoms with Crippen LogP contribution in [0.25, 0.3) is 0 Å². The van der Waals surface area contributed by atoms with E-state index in [1.54, 1.807) is 31.3 Å². The minimum atomic E-state index is -0.145. The Morgan fingerprint density at radius 2 is 1.84 bits per heavy atom. The summed E-state index contributed by atoms with van der Waals surface area (Å²) in [4.78, 5) is 23.3. The van der Waals surface area contributed by atoms with E-state index in [4.69, 9.17) is 0 Å². The first-order chi connectivity index (χ1) is 8.93. The van der Waals surface area contributed by atoms with Crippen molar-refractivity contribution in [3.05, 3.63) is 42.0 Å². The van der Waals surface area contributed by atoms with Gasteiger partial charge in [-0.3, -0.25) is 9.59 Å². The standard InChI is InChI=1S/C15H20N2O2/c1-10(2)9-11(3)14(18)17-13-7-5-12(6-8-13)15(19)16-4/h5-8,11H,1,9H2,2-4H3,(H,16,19)(H,17,18). The van der Waals surface area contributed by atoms with Gasteiger partial charge in [0.25, 0.3) is 5.91 Å². The number of benzene rings is 1. The van der Waals surface area contributed by atoms with Crippen molar-refractivity contribution in [3.8, 4) is 0 Å². The van der Waals surface area contributed by atoms with Gasteiger partial charge in [0.2, 0.25) is 5.91 Å². The number of rotatable bonds is 5. The summed E-state index contributed by atoms with van der Waals surface area (Å²) in [5.41, 5.74) is 2.24. The van der Waals surface area contributed by atoms with Crippen LogP contribution >= 0.6 is 0 Å². The van der Waals surface area contributed by atoms with Crippen molar-refractivity contribution in [1.29, 1.82) is 0 Å². The summed E-state index contributed by atoms with van der Waals surface area (Å²) < 4.78 is 0. The summed E-state index contributed by atoms with van der Waals surface area (Å²) in [5.74, 6) is -0.305. The highest BCUT2D eigenvalue weighted by atomic mass is 16.2. The molecule has 2 N–H and O–H groups in total. The fourth-order valence-corrected chi connectivity index (χ4v) is 1.73. The number of amides is 2.